The number of ether oxygens (including phenoxy) is 1. The minimum Gasteiger partial charge on any atom is -0.376 e. The molecule has 1 aliphatic rings. The Bertz CT molecular complexity index is 792. The summed E-state index contributed by atoms with van der Waals surface area (Å²) in [6.07, 6.45) is 4.95. The summed E-state index contributed by atoms with van der Waals surface area (Å²) in [7, 11) is -4.01. The van der Waals surface area contributed by atoms with E-state index in [0.717, 1.165) is 19.3 Å². The first-order valence-electron chi connectivity index (χ1n) is 9.65. The van der Waals surface area contributed by atoms with Gasteiger partial charge in [-0.25, -0.2) is 8.42 Å². The van der Waals surface area contributed by atoms with Gasteiger partial charge in [-0.15, -0.1) is 0 Å². The highest BCUT2D eigenvalue weighted by molar-refractivity contribution is 7.98. The Balaban J connectivity index is 2.17. The van der Waals surface area contributed by atoms with E-state index >= 15 is 0 Å². The Kier molecular flexibility index (Phi) is 10.0. The molecule has 1 amide bonds. The van der Waals surface area contributed by atoms with E-state index < -0.39 is 16.1 Å². The third-order valence-electron chi connectivity index (χ3n) is 4.64. The van der Waals surface area contributed by atoms with Crippen molar-refractivity contribution in [1.29, 1.82) is 0 Å². The highest BCUT2D eigenvalue weighted by Gasteiger charge is 2.32. The topological polar surface area (TPSA) is 75.7 Å². The zero-order chi connectivity index (χ0) is 21.4. The minimum atomic E-state index is -4.01. The molecule has 6 nitrogen and oxygen atoms in total. The molecule has 29 heavy (non-hydrogen) atoms. The highest BCUT2D eigenvalue weighted by Crippen LogP contribution is 2.26. The van der Waals surface area contributed by atoms with Crippen LogP contribution in [0.3, 0.4) is 0 Å². The number of likely N-dealkylation sites (tertiary alicyclic amines) is 1. The van der Waals surface area contributed by atoms with Crippen molar-refractivity contribution in [2.75, 3.05) is 31.7 Å². The lowest BCUT2D eigenvalue weighted by Crippen LogP contribution is -2.52. The van der Waals surface area contributed by atoms with Crippen LogP contribution >= 0.6 is 35.0 Å². The predicted molar refractivity (Wildman–Crippen MR) is 119 cm³/mol. The number of carbonyl (C=O) groups is 1. The van der Waals surface area contributed by atoms with Gasteiger partial charge < -0.3 is 9.64 Å². The third kappa shape index (κ3) is 7.29. The van der Waals surface area contributed by atoms with Crippen molar-refractivity contribution in [2.45, 2.75) is 49.6 Å². The Labute approximate surface area is 187 Å². The van der Waals surface area contributed by atoms with Crippen molar-refractivity contribution in [3.05, 3.63) is 28.2 Å². The van der Waals surface area contributed by atoms with Crippen molar-refractivity contribution in [1.82, 2.24) is 9.62 Å². The fraction of sp³-hybridized carbons (Fsp3) is 0.632. The van der Waals surface area contributed by atoms with E-state index in [-0.39, 0.29) is 27.0 Å². The Morgan fingerprint density at radius 2 is 2.17 bits per heavy atom. The average Bonchev–Trinajstić information content (AvgIpc) is 2.70. The second kappa shape index (κ2) is 11.8. The van der Waals surface area contributed by atoms with E-state index in [1.807, 2.05) is 13.2 Å². The molecule has 1 fully saturated rings. The Morgan fingerprint density at radius 3 is 2.86 bits per heavy atom. The summed E-state index contributed by atoms with van der Waals surface area (Å²) < 4.78 is 34.2. The summed E-state index contributed by atoms with van der Waals surface area (Å²) in [6, 6.07) is 3.37. The van der Waals surface area contributed by atoms with E-state index in [2.05, 4.69) is 4.72 Å². The number of amides is 1. The average molecular weight is 483 g/mol. The molecule has 2 unspecified atom stereocenters. The molecule has 1 aromatic rings. The number of thioether (sulfide) groups is 1. The smallest absolute Gasteiger partial charge is 0.242 e. The monoisotopic (exact) mass is 482 g/mol. The van der Waals surface area contributed by atoms with Crippen LogP contribution in [-0.4, -0.2) is 63.1 Å². The molecule has 1 aromatic carbocycles. The number of hydrogen-bond donors (Lipinski definition) is 1. The first kappa shape index (κ1) is 24.8. The maximum Gasteiger partial charge on any atom is 0.242 e. The molecule has 1 saturated heterocycles. The number of benzene rings is 1. The summed E-state index contributed by atoms with van der Waals surface area (Å²) in [5.74, 6) is 0.414. The van der Waals surface area contributed by atoms with Gasteiger partial charge in [-0.05, 0) is 55.9 Å². The summed E-state index contributed by atoms with van der Waals surface area (Å²) in [4.78, 5) is 14.7. The van der Waals surface area contributed by atoms with Crippen LogP contribution in [0.15, 0.2) is 23.1 Å². The first-order valence-corrected chi connectivity index (χ1v) is 13.3. The quantitative estimate of drug-likeness (QED) is 0.548. The first-order chi connectivity index (χ1) is 13.8. The molecule has 2 rings (SSSR count). The normalized spacial score (nSPS) is 18.6. The molecule has 0 bridgehead atoms. The number of carbonyl (C=O) groups excluding carboxylic acids is 1. The van der Waals surface area contributed by atoms with Crippen molar-refractivity contribution in [2.24, 2.45) is 0 Å². The van der Waals surface area contributed by atoms with E-state index in [1.165, 1.54) is 18.2 Å². The Morgan fingerprint density at radius 1 is 1.41 bits per heavy atom. The van der Waals surface area contributed by atoms with Gasteiger partial charge >= 0.3 is 0 Å². The third-order valence-corrected chi connectivity index (χ3v) is 7.47. The van der Waals surface area contributed by atoms with Gasteiger partial charge in [0.25, 0.3) is 0 Å². The maximum atomic E-state index is 13.2. The zero-order valence-corrected chi connectivity index (χ0v) is 19.8. The van der Waals surface area contributed by atoms with Gasteiger partial charge in [0.1, 0.15) is 10.9 Å². The van der Waals surface area contributed by atoms with Gasteiger partial charge in [0.2, 0.25) is 15.9 Å². The van der Waals surface area contributed by atoms with E-state index in [1.54, 1.807) is 16.7 Å². The highest BCUT2D eigenvalue weighted by atomic mass is 35.5. The van der Waals surface area contributed by atoms with Gasteiger partial charge in [-0.1, -0.05) is 30.1 Å². The molecular weight excluding hydrogens is 455 g/mol. The number of piperidine rings is 1. The fourth-order valence-corrected chi connectivity index (χ4v) is 5.64. The number of halogens is 2. The lowest BCUT2D eigenvalue weighted by molar-refractivity contribution is -0.137. The van der Waals surface area contributed by atoms with Crippen LogP contribution in [0.5, 0.6) is 0 Å². The Hall–Kier alpha value is -0.510. The van der Waals surface area contributed by atoms with Crippen molar-refractivity contribution >= 4 is 50.9 Å². The van der Waals surface area contributed by atoms with E-state index in [0.29, 0.717) is 31.9 Å². The van der Waals surface area contributed by atoms with Crippen LogP contribution in [0, 0.1) is 0 Å². The lowest BCUT2D eigenvalue weighted by atomic mass is 10.1. The maximum absolute atomic E-state index is 13.2. The SMILES string of the molecule is CCCOC1CCCN(C(=O)C(CCSC)NS(=O)(=O)c2cc(Cl)ccc2Cl)C1. The van der Waals surface area contributed by atoms with Crippen LogP contribution in [0.25, 0.3) is 0 Å². The molecule has 164 valence electrons. The molecule has 10 heteroatoms. The molecule has 0 radical (unpaired) electrons. The molecule has 0 spiro atoms. The fourth-order valence-electron chi connectivity index (χ4n) is 3.18. The van der Waals surface area contributed by atoms with Gasteiger partial charge in [0.15, 0.2) is 0 Å². The molecule has 2 atom stereocenters. The van der Waals surface area contributed by atoms with Crippen LogP contribution < -0.4 is 4.72 Å². The van der Waals surface area contributed by atoms with Crippen molar-refractivity contribution < 1.29 is 17.9 Å². The number of hydrogen-bond acceptors (Lipinski definition) is 5. The number of rotatable bonds is 10. The van der Waals surface area contributed by atoms with Crippen LogP contribution in [0.2, 0.25) is 10.0 Å². The summed E-state index contributed by atoms with van der Waals surface area (Å²) in [5.41, 5.74) is 0. The molecule has 0 aromatic heterocycles. The van der Waals surface area contributed by atoms with Gasteiger partial charge in [-0.2, -0.15) is 16.5 Å². The molecule has 1 heterocycles. The van der Waals surface area contributed by atoms with Crippen LogP contribution in [0.4, 0.5) is 0 Å². The van der Waals surface area contributed by atoms with E-state index in [4.69, 9.17) is 27.9 Å². The van der Waals surface area contributed by atoms with Gasteiger partial charge in [0, 0.05) is 24.7 Å². The van der Waals surface area contributed by atoms with Gasteiger partial charge in [0.05, 0.1) is 11.1 Å². The second-order valence-corrected chi connectivity index (χ2v) is 10.5. The van der Waals surface area contributed by atoms with Crippen LogP contribution in [0.1, 0.15) is 32.6 Å². The molecule has 1 N–H and O–H groups in total. The summed E-state index contributed by atoms with van der Waals surface area (Å²) >= 11 is 13.6. The van der Waals surface area contributed by atoms with Crippen LogP contribution in [-0.2, 0) is 19.6 Å². The number of nitrogens with zero attached hydrogens (tertiary/aromatic N) is 1. The summed E-state index contributed by atoms with van der Waals surface area (Å²) in [6.45, 7) is 3.77. The molecule has 1 aliphatic heterocycles. The minimum absolute atomic E-state index is 0.00664. The van der Waals surface area contributed by atoms with Crippen molar-refractivity contribution in [3.8, 4) is 0 Å². The number of sulfonamides is 1. The summed E-state index contributed by atoms with van der Waals surface area (Å²) in [5, 5.41) is 0.317. The largest absolute Gasteiger partial charge is 0.376 e. The van der Waals surface area contributed by atoms with Gasteiger partial charge in [-0.3, -0.25) is 4.79 Å². The van der Waals surface area contributed by atoms with E-state index in [9.17, 15) is 13.2 Å². The predicted octanol–water partition coefficient (Wildman–Crippen LogP) is 3.81. The lowest BCUT2D eigenvalue weighted by Gasteiger charge is -2.35. The standard InChI is InChI=1S/C19H28Cl2N2O4S2/c1-3-10-27-15-5-4-9-23(13-15)19(24)17(8-11-28-2)22-29(25,26)18-12-14(20)6-7-16(18)21/h6-7,12,15,17,22H,3-5,8-11,13H2,1-2H3. The zero-order valence-electron chi connectivity index (χ0n) is 16.7. The second-order valence-electron chi connectivity index (χ2n) is 6.95. The molecular formula is C19H28Cl2N2O4S2. The number of nitrogens with one attached hydrogen (secondary N) is 1. The molecule has 0 aliphatic carbocycles. The van der Waals surface area contributed by atoms with Crippen molar-refractivity contribution in [3.63, 3.8) is 0 Å². The molecule has 0 saturated carbocycles.